The minimum absolute atomic E-state index is 0.787. The van der Waals surface area contributed by atoms with E-state index in [1.54, 1.807) is 0 Å². The molecule has 0 saturated carbocycles. The van der Waals surface area contributed by atoms with Crippen LogP contribution in [0.3, 0.4) is 0 Å². The molecule has 2 rings (SSSR count). The average Bonchev–Trinajstić information content (AvgIpc) is 2.55. The molecule has 0 atom stereocenters. The Hall–Kier alpha value is -0.960. The Morgan fingerprint density at radius 2 is 1.19 bits per heavy atom. The first-order valence-corrected chi connectivity index (χ1v) is 8.66. The predicted molar refractivity (Wildman–Crippen MR) is 85.1 cm³/mol. The second-order valence-corrected chi connectivity index (χ2v) is 5.85. The Morgan fingerprint density at radius 3 is 1.62 bits per heavy atom. The molecule has 0 unspecified atom stereocenters. The SMILES string of the molecule is C1=C(OCCCOCCCOC2=CCCCC2)CCCC1. The fraction of sp³-hybridized carbons (Fsp3) is 0.778. The zero-order valence-corrected chi connectivity index (χ0v) is 13.3. The summed E-state index contributed by atoms with van der Waals surface area (Å²) in [5.41, 5.74) is 0. The van der Waals surface area contributed by atoms with Crippen molar-refractivity contribution < 1.29 is 14.2 Å². The van der Waals surface area contributed by atoms with Gasteiger partial charge in [-0.1, -0.05) is 0 Å². The number of ether oxygens (including phenoxy) is 3. The summed E-state index contributed by atoms with van der Waals surface area (Å²) in [4.78, 5) is 0. The van der Waals surface area contributed by atoms with E-state index in [0.29, 0.717) is 0 Å². The smallest absolute Gasteiger partial charge is 0.0919 e. The standard InChI is InChI=1S/C18H30O3/c1-3-9-17(10-4-1)20-15-7-13-19-14-8-16-21-18-11-5-2-6-12-18/h9,11H,1-8,10,12-16H2. The van der Waals surface area contributed by atoms with Crippen LogP contribution in [-0.4, -0.2) is 26.4 Å². The quantitative estimate of drug-likeness (QED) is 0.545. The van der Waals surface area contributed by atoms with Crippen molar-refractivity contribution in [1.29, 1.82) is 0 Å². The summed E-state index contributed by atoms with van der Waals surface area (Å²) < 4.78 is 17.1. The fourth-order valence-electron chi connectivity index (χ4n) is 2.71. The first-order valence-electron chi connectivity index (χ1n) is 8.66. The van der Waals surface area contributed by atoms with Gasteiger partial charge in [-0.05, 0) is 50.7 Å². The highest BCUT2D eigenvalue weighted by molar-refractivity contribution is 4.97. The van der Waals surface area contributed by atoms with Crippen LogP contribution in [0.5, 0.6) is 0 Å². The maximum Gasteiger partial charge on any atom is 0.0919 e. The Bertz CT molecular complexity index is 301. The second kappa shape index (κ2) is 10.7. The lowest BCUT2D eigenvalue weighted by molar-refractivity contribution is 0.0855. The topological polar surface area (TPSA) is 27.7 Å². The van der Waals surface area contributed by atoms with Gasteiger partial charge in [0.25, 0.3) is 0 Å². The van der Waals surface area contributed by atoms with Crippen molar-refractivity contribution in [3.05, 3.63) is 23.7 Å². The van der Waals surface area contributed by atoms with Crippen LogP contribution in [0, 0.1) is 0 Å². The van der Waals surface area contributed by atoms with Crippen molar-refractivity contribution in [2.24, 2.45) is 0 Å². The van der Waals surface area contributed by atoms with E-state index in [4.69, 9.17) is 14.2 Å². The van der Waals surface area contributed by atoms with Gasteiger partial charge in [0.05, 0.1) is 24.7 Å². The van der Waals surface area contributed by atoms with Crippen LogP contribution >= 0.6 is 0 Å². The Kier molecular flexibility index (Phi) is 8.38. The molecule has 0 amide bonds. The maximum atomic E-state index is 5.74. The molecule has 2 aliphatic carbocycles. The summed E-state index contributed by atoms with van der Waals surface area (Å²) in [7, 11) is 0. The minimum atomic E-state index is 0.787. The first kappa shape index (κ1) is 16.4. The van der Waals surface area contributed by atoms with Gasteiger partial charge in [-0.2, -0.15) is 0 Å². The van der Waals surface area contributed by atoms with Gasteiger partial charge in [-0.3, -0.25) is 0 Å². The molecule has 0 saturated heterocycles. The molecule has 0 aromatic rings. The van der Waals surface area contributed by atoms with Gasteiger partial charge in [0.1, 0.15) is 0 Å². The van der Waals surface area contributed by atoms with Gasteiger partial charge in [0, 0.05) is 38.9 Å². The molecule has 2 aliphatic rings. The van der Waals surface area contributed by atoms with E-state index in [0.717, 1.165) is 52.1 Å². The summed E-state index contributed by atoms with van der Waals surface area (Å²) in [6.45, 7) is 3.15. The van der Waals surface area contributed by atoms with Crippen molar-refractivity contribution in [1.82, 2.24) is 0 Å². The van der Waals surface area contributed by atoms with Crippen molar-refractivity contribution in [3.63, 3.8) is 0 Å². The van der Waals surface area contributed by atoms with Gasteiger partial charge in [0.15, 0.2) is 0 Å². The molecule has 3 heteroatoms. The highest BCUT2D eigenvalue weighted by atomic mass is 16.5. The van der Waals surface area contributed by atoms with Crippen LogP contribution in [0.4, 0.5) is 0 Å². The van der Waals surface area contributed by atoms with E-state index in [9.17, 15) is 0 Å². The lowest BCUT2D eigenvalue weighted by atomic mass is 10.1. The molecular weight excluding hydrogens is 264 g/mol. The third kappa shape index (κ3) is 7.56. The predicted octanol–water partition coefficient (Wildman–Crippen LogP) is 4.73. The highest BCUT2D eigenvalue weighted by Gasteiger charge is 2.04. The molecule has 0 fully saturated rings. The molecule has 0 aromatic heterocycles. The number of hydrogen-bond acceptors (Lipinski definition) is 3. The molecule has 0 aliphatic heterocycles. The van der Waals surface area contributed by atoms with E-state index >= 15 is 0 Å². The lowest BCUT2D eigenvalue weighted by Gasteiger charge is -2.15. The Morgan fingerprint density at radius 1 is 0.667 bits per heavy atom. The number of allylic oxidation sites excluding steroid dienone is 4. The van der Waals surface area contributed by atoms with E-state index in [1.807, 2.05) is 0 Å². The van der Waals surface area contributed by atoms with Gasteiger partial charge in [-0.25, -0.2) is 0 Å². The van der Waals surface area contributed by atoms with Crippen LogP contribution in [-0.2, 0) is 14.2 Å². The van der Waals surface area contributed by atoms with Crippen LogP contribution in [0.25, 0.3) is 0 Å². The molecular formula is C18H30O3. The van der Waals surface area contributed by atoms with Crippen molar-refractivity contribution >= 4 is 0 Å². The van der Waals surface area contributed by atoms with Crippen LogP contribution in [0.15, 0.2) is 23.7 Å². The van der Waals surface area contributed by atoms with E-state index < -0.39 is 0 Å². The monoisotopic (exact) mass is 294 g/mol. The van der Waals surface area contributed by atoms with Crippen molar-refractivity contribution in [3.8, 4) is 0 Å². The van der Waals surface area contributed by atoms with E-state index in [-0.39, 0.29) is 0 Å². The van der Waals surface area contributed by atoms with Gasteiger partial charge in [0.2, 0.25) is 0 Å². The van der Waals surface area contributed by atoms with Crippen LogP contribution < -0.4 is 0 Å². The first-order chi connectivity index (χ1) is 10.4. The average molecular weight is 294 g/mol. The normalized spacial score (nSPS) is 18.9. The van der Waals surface area contributed by atoms with Crippen LogP contribution in [0.2, 0.25) is 0 Å². The van der Waals surface area contributed by atoms with Gasteiger partial charge < -0.3 is 14.2 Å². The maximum absolute atomic E-state index is 5.74. The fourth-order valence-corrected chi connectivity index (χ4v) is 2.71. The van der Waals surface area contributed by atoms with Crippen molar-refractivity contribution in [2.75, 3.05) is 26.4 Å². The molecule has 21 heavy (non-hydrogen) atoms. The minimum Gasteiger partial charge on any atom is -0.498 e. The third-order valence-corrected chi connectivity index (χ3v) is 3.94. The summed E-state index contributed by atoms with van der Waals surface area (Å²) in [5.74, 6) is 2.38. The summed E-state index contributed by atoms with van der Waals surface area (Å²) >= 11 is 0. The Labute approximate surface area is 129 Å². The zero-order chi connectivity index (χ0) is 14.6. The summed E-state index contributed by atoms with van der Waals surface area (Å²) in [6.07, 6.45) is 16.2. The number of rotatable bonds is 10. The molecule has 0 N–H and O–H groups in total. The molecule has 120 valence electrons. The van der Waals surface area contributed by atoms with Gasteiger partial charge >= 0.3 is 0 Å². The molecule has 3 nitrogen and oxygen atoms in total. The lowest BCUT2D eigenvalue weighted by Crippen LogP contribution is -2.06. The molecule has 0 heterocycles. The third-order valence-electron chi connectivity index (χ3n) is 3.94. The van der Waals surface area contributed by atoms with E-state index in [1.165, 1.54) is 50.0 Å². The van der Waals surface area contributed by atoms with Gasteiger partial charge in [-0.15, -0.1) is 0 Å². The molecule has 0 bridgehead atoms. The second-order valence-electron chi connectivity index (χ2n) is 5.85. The summed E-state index contributed by atoms with van der Waals surface area (Å²) in [6, 6.07) is 0. The Balaban J connectivity index is 1.35. The molecule has 0 aromatic carbocycles. The van der Waals surface area contributed by atoms with Crippen molar-refractivity contribution in [2.45, 2.75) is 64.2 Å². The molecule has 0 spiro atoms. The van der Waals surface area contributed by atoms with E-state index in [2.05, 4.69) is 12.2 Å². The largest absolute Gasteiger partial charge is 0.498 e. The highest BCUT2D eigenvalue weighted by Crippen LogP contribution is 2.19. The zero-order valence-electron chi connectivity index (χ0n) is 13.3. The molecule has 0 radical (unpaired) electrons. The number of hydrogen-bond donors (Lipinski definition) is 0. The summed E-state index contributed by atoms with van der Waals surface area (Å²) in [5, 5.41) is 0. The van der Waals surface area contributed by atoms with Crippen LogP contribution in [0.1, 0.15) is 64.2 Å².